The number of hydrogen-bond acceptors (Lipinski definition) is 2. The molecular weight excluding hydrogens is 224 g/mol. The summed E-state index contributed by atoms with van der Waals surface area (Å²) in [7, 11) is 0. The molecule has 0 radical (unpaired) electrons. The van der Waals surface area contributed by atoms with E-state index in [1.54, 1.807) is 0 Å². The zero-order valence-corrected chi connectivity index (χ0v) is 10.1. The lowest BCUT2D eigenvalue weighted by molar-refractivity contribution is 0.108. The molecular formula is C11H19ClN4. The molecule has 16 heavy (non-hydrogen) atoms. The predicted molar refractivity (Wildman–Crippen MR) is 67.5 cm³/mol. The van der Waals surface area contributed by atoms with Crippen LogP contribution >= 0.6 is 12.4 Å². The molecule has 0 aromatic carbocycles. The quantitative estimate of drug-likeness (QED) is 0.415. The standard InChI is InChI=1S/C11H18N4.ClH/c12-11(13)15-14-10-8-2-6-1-7(4-8)5-9(10)3-6;/h6-9H,1-5H2,(H4,12,13,15);1H. The van der Waals surface area contributed by atoms with Gasteiger partial charge in [-0.15, -0.1) is 17.5 Å². The largest absolute Gasteiger partial charge is 0.369 e. The molecule has 4 rings (SSSR count). The Morgan fingerprint density at radius 3 is 1.88 bits per heavy atom. The first-order valence-corrected chi connectivity index (χ1v) is 5.88. The summed E-state index contributed by atoms with van der Waals surface area (Å²) in [5, 5.41) is 8.11. The number of hydrogen-bond donors (Lipinski definition) is 2. The van der Waals surface area contributed by atoms with Crippen LogP contribution in [0.3, 0.4) is 0 Å². The molecule has 0 aliphatic heterocycles. The van der Waals surface area contributed by atoms with Gasteiger partial charge in [-0.05, 0) is 55.8 Å². The van der Waals surface area contributed by atoms with Gasteiger partial charge in [-0.25, -0.2) is 0 Å². The van der Waals surface area contributed by atoms with Gasteiger partial charge in [0.25, 0.3) is 0 Å². The van der Waals surface area contributed by atoms with Crippen molar-refractivity contribution >= 4 is 24.1 Å². The van der Waals surface area contributed by atoms with E-state index in [1.165, 1.54) is 37.8 Å². The third-order valence-electron chi connectivity index (χ3n) is 4.26. The number of nitrogens with zero attached hydrogens (tertiary/aromatic N) is 2. The fraction of sp³-hybridized carbons (Fsp3) is 0.818. The van der Waals surface area contributed by atoms with Gasteiger partial charge >= 0.3 is 0 Å². The van der Waals surface area contributed by atoms with E-state index < -0.39 is 0 Å². The van der Waals surface area contributed by atoms with Crippen LogP contribution in [0.1, 0.15) is 32.1 Å². The van der Waals surface area contributed by atoms with Crippen molar-refractivity contribution in [3.8, 4) is 0 Å². The van der Waals surface area contributed by atoms with Crippen LogP contribution in [0, 0.1) is 23.7 Å². The van der Waals surface area contributed by atoms with E-state index in [0.29, 0.717) is 11.8 Å². The highest BCUT2D eigenvalue weighted by Gasteiger charge is 2.46. The molecule has 90 valence electrons. The summed E-state index contributed by atoms with van der Waals surface area (Å²) in [4.78, 5) is 0. The summed E-state index contributed by atoms with van der Waals surface area (Å²) < 4.78 is 0. The molecule has 4 bridgehead atoms. The highest BCUT2D eigenvalue weighted by Crippen LogP contribution is 2.52. The summed E-state index contributed by atoms with van der Waals surface area (Å²) in [6.07, 6.45) is 6.76. The minimum Gasteiger partial charge on any atom is -0.369 e. The molecule has 0 amide bonds. The topological polar surface area (TPSA) is 76.8 Å². The second-order valence-electron chi connectivity index (χ2n) is 5.35. The zero-order valence-electron chi connectivity index (χ0n) is 9.30. The van der Waals surface area contributed by atoms with Gasteiger partial charge in [0.15, 0.2) is 0 Å². The molecule has 0 unspecified atom stereocenters. The maximum atomic E-state index is 5.32. The van der Waals surface area contributed by atoms with Gasteiger partial charge < -0.3 is 11.5 Å². The monoisotopic (exact) mass is 242 g/mol. The van der Waals surface area contributed by atoms with Crippen LogP contribution in [0.15, 0.2) is 10.2 Å². The van der Waals surface area contributed by atoms with Crippen molar-refractivity contribution < 1.29 is 0 Å². The van der Waals surface area contributed by atoms with Crippen molar-refractivity contribution in [1.29, 1.82) is 0 Å². The van der Waals surface area contributed by atoms with Crippen LogP contribution in [0.4, 0.5) is 0 Å². The van der Waals surface area contributed by atoms with Gasteiger partial charge in [0.05, 0.1) is 0 Å². The van der Waals surface area contributed by atoms with Crippen molar-refractivity contribution in [2.24, 2.45) is 45.3 Å². The minimum atomic E-state index is 0. The number of halogens is 1. The molecule has 4 saturated carbocycles. The van der Waals surface area contributed by atoms with Crippen LogP contribution in [-0.4, -0.2) is 11.7 Å². The molecule has 5 heteroatoms. The van der Waals surface area contributed by atoms with E-state index >= 15 is 0 Å². The van der Waals surface area contributed by atoms with Gasteiger partial charge in [0, 0.05) is 5.71 Å². The van der Waals surface area contributed by atoms with Crippen LogP contribution in [0.2, 0.25) is 0 Å². The molecule has 0 aromatic rings. The SMILES string of the molecule is Cl.NC(N)=NN=C1C2CC3CC(C2)CC1C3. The molecule has 4 N–H and O–H groups in total. The molecule has 4 aliphatic carbocycles. The summed E-state index contributed by atoms with van der Waals surface area (Å²) in [6, 6.07) is 0. The van der Waals surface area contributed by atoms with Crippen molar-refractivity contribution in [3.63, 3.8) is 0 Å². The van der Waals surface area contributed by atoms with E-state index in [-0.39, 0.29) is 18.4 Å². The second-order valence-corrected chi connectivity index (χ2v) is 5.35. The molecule has 0 atom stereocenters. The first kappa shape index (κ1) is 11.7. The molecule has 4 nitrogen and oxygen atoms in total. The number of nitrogens with two attached hydrogens (primary N) is 2. The summed E-state index contributed by atoms with van der Waals surface area (Å²) in [6.45, 7) is 0. The van der Waals surface area contributed by atoms with E-state index in [0.717, 1.165) is 11.8 Å². The molecule has 4 fully saturated rings. The van der Waals surface area contributed by atoms with Gasteiger partial charge in [-0.3, -0.25) is 0 Å². The first-order valence-electron chi connectivity index (χ1n) is 5.88. The molecule has 4 aliphatic rings. The predicted octanol–water partition coefficient (Wildman–Crippen LogP) is 1.49. The Labute approximate surface area is 102 Å². The normalized spacial score (nSPS) is 39.1. The summed E-state index contributed by atoms with van der Waals surface area (Å²) >= 11 is 0. The van der Waals surface area contributed by atoms with E-state index in [9.17, 15) is 0 Å². The lowest BCUT2D eigenvalue weighted by Crippen LogP contribution is -2.45. The highest BCUT2D eigenvalue weighted by molar-refractivity contribution is 5.91. The third-order valence-corrected chi connectivity index (χ3v) is 4.26. The fourth-order valence-corrected chi connectivity index (χ4v) is 3.95. The maximum absolute atomic E-state index is 5.32. The molecule has 0 spiro atoms. The highest BCUT2D eigenvalue weighted by atomic mass is 35.5. The van der Waals surface area contributed by atoms with Crippen LogP contribution in [0.5, 0.6) is 0 Å². The smallest absolute Gasteiger partial charge is 0.211 e. The Balaban J connectivity index is 0.000000963. The van der Waals surface area contributed by atoms with Gasteiger partial charge in [0.2, 0.25) is 5.96 Å². The lowest BCUT2D eigenvalue weighted by atomic mass is 9.55. The molecule has 0 aromatic heterocycles. The van der Waals surface area contributed by atoms with Crippen molar-refractivity contribution in [3.05, 3.63) is 0 Å². The van der Waals surface area contributed by atoms with Gasteiger partial charge in [-0.1, -0.05) is 0 Å². The summed E-state index contributed by atoms with van der Waals surface area (Å²) in [5.41, 5.74) is 11.9. The Kier molecular flexibility index (Phi) is 3.10. The van der Waals surface area contributed by atoms with Gasteiger partial charge in [0.1, 0.15) is 0 Å². The third kappa shape index (κ3) is 1.90. The van der Waals surface area contributed by atoms with Crippen molar-refractivity contribution in [2.75, 3.05) is 0 Å². The van der Waals surface area contributed by atoms with Gasteiger partial charge in [-0.2, -0.15) is 5.10 Å². The Morgan fingerprint density at radius 2 is 1.44 bits per heavy atom. The fourth-order valence-electron chi connectivity index (χ4n) is 3.95. The first-order chi connectivity index (χ1) is 7.22. The Bertz CT molecular complexity index is 303. The van der Waals surface area contributed by atoms with Crippen LogP contribution in [0.25, 0.3) is 0 Å². The summed E-state index contributed by atoms with van der Waals surface area (Å²) in [5.74, 6) is 3.38. The average molecular weight is 243 g/mol. The average Bonchev–Trinajstić information content (AvgIpc) is 2.14. The molecule has 0 saturated heterocycles. The van der Waals surface area contributed by atoms with E-state index in [2.05, 4.69) is 10.2 Å². The van der Waals surface area contributed by atoms with Crippen LogP contribution in [-0.2, 0) is 0 Å². The number of rotatable bonds is 1. The van der Waals surface area contributed by atoms with E-state index in [4.69, 9.17) is 11.5 Å². The zero-order chi connectivity index (χ0) is 10.4. The van der Waals surface area contributed by atoms with Crippen molar-refractivity contribution in [2.45, 2.75) is 32.1 Å². The number of guanidine groups is 1. The van der Waals surface area contributed by atoms with E-state index in [1.807, 2.05) is 0 Å². The lowest BCUT2D eigenvalue weighted by Gasteiger charge is -2.50. The minimum absolute atomic E-state index is 0. The molecule has 0 heterocycles. The van der Waals surface area contributed by atoms with Crippen molar-refractivity contribution in [1.82, 2.24) is 0 Å². The van der Waals surface area contributed by atoms with Crippen LogP contribution < -0.4 is 11.5 Å². The maximum Gasteiger partial charge on any atom is 0.211 e. The Hall–Kier alpha value is -0.770. The second kappa shape index (κ2) is 4.24. The Morgan fingerprint density at radius 1 is 0.938 bits per heavy atom.